The lowest BCUT2D eigenvalue weighted by Gasteiger charge is -2.38. The van der Waals surface area contributed by atoms with E-state index in [1.807, 2.05) is 6.07 Å². The molecule has 1 saturated carbocycles. The van der Waals surface area contributed by atoms with Crippen LogP contribution in [0.3, 0.4) is 0 Å². The lowest BCUT2D eigenvalue weighted by molar-refractivity contribution is 0.271. The van der Waals surface area contributed by atoms with E-state index in [-0.39, 0.29) is 5.82 Å². The van der Waals surface area contributed by atoms with Crippen molar-refractivity contribution in [2.45, 2.75) is 37.8 Å². The van der Waals surface area contributed by atoms with Crippen LogP contribution in [-0.2, 0) is 0 Å². The van der Waals surface area contributed by atoms with E-state index in [0.29, 0.717) is 18.0 Å². The van der Waals surface area contributed by atoms with Gasteiger partial charge in [0.15, 0.2) is 0 Å². The Morgan fingerprint density at radius 1 is 1.26 bits per heavy atom. The van der Waals surface area contributed by atoms with E-state index >= 15 is 0 Å². The quantitative estimate of drug-likeness (QED) is 0.867. The van der Waals surface area contributed by atoms with Gasteiger partial charge in [-0.3, -0.25) is 0 Å². The fraction of sp³-hybridized carbons (Fsp3) is 0.375. The number of hydrogen-bond donors (Lipinski definition) is 1. The lowest BCUT2D eigenvalue weighted by atomic mass is 9.75. The van der Waals surface area contributed by atoms with Gasteiger partial charge in [0.05, 0.1) is 0 Å². The molecule has 2 aromatic rings. The molecule has 3 heteroatoms. The fourth-order valence-corrected chi connectivity index (χ4v) is 3.50. The fourth-order valence-electron chi connectivity index (χ4n) is 2.76. The third-order valence-electron chi connectivity index (χ3n) is 3.91. The zero-order valence-corrected chi connectivity index (χ0v) is 11.8. The highest BCUT2D eigenvalue weighted by Gasteiger charge is 2.31. The van der Waals surface area contributed by atoms with Crippen LogP contribution in [-0.4, -0.2) is 6.04 Å². The third-order valence-corrected chi connectivity index (χ3v) is 4.97. The highest BCUT2D eigenvalue weighted by molar-refractivity contribution is 7.10. The summed E-state index contributed by atoms with van der Waals surface area (Å²) >= 11 is 1.79. The van der Waals surface area contributed by atoms with Gasteiger partial charge >= 0.3 is 0 Å². The van der Waals surface area contributed by atoms with Gasteiger partial charge in [0, 0.05) is 17.0 Å². The Balaban J connectivity index is 1.53. The first-order valence-corrected chi connectivity index (χ1v) is 7.65. The van der Waals surface area contributed by atoms with Crippen molar-refractivity contribution < 1.29 is 4.39 Å². The molecule has 1 N–H and O–H groups in total. The normalized spacial score (nSPS) is 23.9. The predicted octanol–water partition coefficient (Wildman–Crippen LogP) is 4.48. The van der Waals surface area contributed by atoms with Crippen LogP contribution in [0.15, 0.2) is 41.8 Å². The maximum atomic E-state index is 13.2. The summed E-state index contributed by atoms with van der Waals surface area (Å²) in [6.45, 7) is 2.21. The molecule has 3 rings (SSSR count). The minimum Gasteiger partial charge on any atom is -0.307 e. The minimum absolute atomic E-state index is 0.124. The topological polar surface area (TPSA) is 12.0 Å². The van der Waals surface area contributed by atoms with Crippen molar-refractivity contribution in [3.63, 3.8) is 0 Å². The van der Waals surface area contributed by atoms with Crippen molar-refractivity contribution in [3.8, 4) is 0 Å². The Bertz CT molecular complexity index is 531. The maximum absolute atomic E-state index is 13.2. The van der Waals surface area contributed by atoms with Crippen molar-refractivity contribution >= 4 is 11.3 Å². The molecule has 1 aliphatic carbocycles. The first-order chi connectivity index (χ1) is 9.22. The summed E-state index contributed by atoms with van der Waals surface area (Å²) in [6.07, 6.45) is 2.22. The molecule has 100 valence electrons. The molecule has 0 spiro atoms. The van der Waals surface area contributed by atoms with Crippen LogP contribution >= 0.6 is 11.3 Å². The summed E-state index contributed by atoms with van der Waals surface area (Å²) in [5.74, 6) is 0.393. The summed E-state index contributed by atoms with van der Waals surface area (Å²) in [7, 11) is 0. The highest BCUT2D eigenvalue weighted by atomic mass is 32.1. The zero-order valence-electron chi connectivity index (χ0n) is 11.0. The number of hydrogen-bond acceptors (Lipinski definition) is 2. The second-order valence-corrected chi connectivity index (χ2v) is 6.30. The van der Waals surface area contributed by atoms with E-state index in [1.165, 1.54) is 10.9 Å². The lowest BCUT2D eigenvalue weighted by Crippen LogP contribution is -2.41. The van der Waals surface area contributed by atoms with Crippen molar-refractivity contribution in [1.29, 1.82) is 0 Å². The van der Waals surface area contributed by atoms with Gasteiger partial charge in [-0.05, 0) is 54.8 Å². The first-order valence-electron chi connectivity index (χ1n) is 6.77. The van der Waals surface area contributed by atoms with Crippen LogP contribution in [0.2, 0.25) is 0 Å². The molecule has 0 bridgehead atoms. The van der Waals surface area contributed by atoms with E-state index in [0.717, 1.165) is 18.4 Å². The Labute approximate surface area is 117 Å². The molecule has 0 aliphatic heterocycles. The van der Waals surface area contributed by atoms with Gasteiger partial charge in [-0.25, -0.2) is 4.39 Å². The molecule has 0 radical (unpaired) electrons. The molecule has 0 unspecified atom stereocenters. The molecular weight excluding hydrogens is 257 g/mol. The molecule has 1 fully saturated rings. The first kappa shape index (κ1) is 12.8. The van der Waals surface area contributed by atoms with Crippen LogP contribution in [0, 0.1) is 5.82 Å². The predicted molar refractivity (Wildman–Crippen MR) is 78.0 cm³/mol. The summed E-state index contributed by atoms with van der Waals surface area (Å²) in [5.41, 5.74) is 1.14. The van der Waals surface area contributed by atoms with E-state index in [1.54, 1.807) is 23.5 Å². The number of nitrogens with one attached hydrogen (secondary N) is 1. The standard InChI is InChI=1S/C16H18FNS/c1-11(16-6-3-7-19-16)18-15-9-13(10-15)12-4-2-5-14(17)8-12/h2-8,11,13,15,18H,9-10H2,1H3/t11-,13?,15?/m1/s1. The Morgan fingerprint density at radius 3 is 2.79 bits per heavy atom. The number of benzene rings is 1. The second-order valence-electron chi connectivity index (χ2n) is 5.32. The van der Waals surface area contributed by atoms with Crippen molar-refractivity contribution in [2.24, 2.45) is 0 Å². The maximum Gasteiger partial charge on any atom is 0.123 e. The Morgan fingerprint density at radius 2 is 2.11 bits per heavy atom. The van der Waals surface area contributed by atoms with Crippen molar-refractivity contribution in [2.75, 3.05) is 0 Å². The smallest absolute Gasteiger partial charge is 0.123 e. The largest absolute Gasteiger partial charge is 0.307 e. The van der Waals surface area contributed by atoms with Crippen LogP contribution < -0.4 is 5.32 Å². The van der Waals surface area contributed by atoms with Gasteiger partial charge in [-0.15, -0.1) is 11.3 Å². The SMILES string of the molecule is C[C@@H](NC1CC(c2cccc(F)c2)C1)c1cccs1. The molecule has 1 nitrogen and oxygen atoms in total. The monoisotopic (exact) mass is 275 g/mol. The molecule has 1 aliphatic rings. The van der Waals surface area contributed by atoms with Gasteiger partial charge in [0.25, 0.3) is 0 Å². The van der Waals surface area contributed by atoms with Gasteiger partial charge in [-0.2, -0.15) is 0 Å². The number of halogens is 1. The second kappa shape index (κ2) is 5.43. The molecule has 1 aromatic heterocycles. The highest BCUT2D eigenvalue weighted by Crippen LogP contribution is 2.38. The average molecular weight is 275 g/mol. The number of thiophene rings is 1. The van der Waals surface area contributed by atoms with E-state index < -0.39 is 0 Å². The third kappa shape index (κ3) is 2.88. The molecule has 1 heterocycles. The summed E-state index contributed by atoms with van der Waals surface area (Å²) in [4.78, 5) is 1.38. The molecule has 1 atom stereocenters. The molecular formula is C16H18FNS. The van der Waals surface area contributed by atoms with E-state index in [4.69, 9.17) is 0 Å². The van der Waals surface area contributed by atoms with Crippen LogP contribution in [0.5, 0.6) is 0 Å². The number of rotatable bonds is 4. The Hall–Kier alpha value is -1.19. The zero-order chi connectivity index (χ0) is 13.2. The van der Waals surface area contributed by atoms with E-state index in [2.05, 4.69) is 29.8 Å². The van der Waals surface area contributed by atoms with E-state index in [9.17, 15) is 4.39 Å². The molecule has 0 amide bonds. The van der Waals surface area contributed by atoms with Crippen LogP contribution in [0.1, 0.15) is 42.2 Å². The van der Waals surface area contributed by atoms with Gasteiger partial charge in [-0.1, -0.05) is 18.2 Å². The summed E-state index contributed by atoms with van der Waals surface area (Å²) < 4.78 is 13.2. The summed E-state index contributed by atoms with van der Waals surface area (Å²) in [5, 5.41) is 5.76. The van der Waals surface area contributed by atoms with Crippen molar-refractivity contribution in [3.05, 3.63) is 58.0 Å². The molecule has 0 saturated heterocycles. The molecule has 19 heavy (non-hydrogen) atoms. The van der Waals surface area contributed by atoms with Crippen LogP contribution in [0.4, 0.5) is 4.39 Å². The van der Waals surface area contributed by atoms with Gasteiger partial charge in [0.2, 0.25) is 0 Å². The summed E-state index contributed by atoms with van der Waals surface area (Å²) in [6, 6.07) is 12.3. The van der Waals surface area contributed by atoms with Gasteiger partial charge in [0.1, 0.15) is 5.82 Å². The average Bonchev–Trinajstić information content (AvgIpc) is 2.86. The van der Waals surface area contributed by atoms with Crippen molar-refractivity contribution in [1.82, 2.24) is 5.32 Å². The van der Waals surface area contributed by atoms with Crippen LogP contribution in [0.25, 0.3) is 0 Å². The van der Waals surface area contributed by atoms with Gasteiger partial charge < -0.3 is 5.32 Å². The minimum atomic E-state index is -0.124. The molecule has 1 aromatic carbocycles. The Kier molecular flexibility index (Phi) is 3.67.